The molecule has 0 unspecified atom stereocenters. The summed E-state index contributed by atoms with van der Waals surface area (Å²) in [7, 11) is 0. The highest BCUT2D eigenvalue weighted by atomic mass is 14.4. The van der Waals surface area contributed by atoms with Gasteiger partial charge in [0.15, 0.2) is 0 Å². The number of benzene rings is 8. The van der Waals surface area contributed by atoms with Gasteiger partial charge in [-0.1, -0.05) is 251 Å². The smallest absolute Gasteiger partial charge is 0.0158 e. The number of fused-ring (bicyclic) bond motifs is 5. The maximum absolute atomic E-state index is 2.40. The lowest BCUT2D eigenvalue weighted by Crippen LogP contribution is -2.14. The molecule has 0 nitrogen and oxygen atoms in total. The van der Waals surface area contributed by atoms with Crippen molar-refractivity contribution in [2.45, 2.75) is 87.5 Å². The van der Waals surface area contributed by atoms with Crippen molar-refractivity contribution >= 4 is 21.5 Å². The van der Waals surface area contributed by atoms with Crippen LogP contribution in [-0.2, 0) is 11.8 Å². The minimum Gasteiger partial charge on any atom is -0.0683 e. The summed E-state index contributed by atoms with van der Waals surface area (Å²) in [4.78, 5) is 0. The first-order valence-electron chi connectivity index (χ1n) is 20.7. The molecular formula is C57H64. The van der Waals surface area contributed by atoms with Gasteiger partial charge in [-0.2, -0.15) is 0 Å². The highest BCUT2D eigenvalue weighted by Gasteiger charge is 2.34. The Balaban J connectivity index is 0.000000163. The summed E-state index contributed by atoms with van der Waals surface area (Å²) in [5, 5.41) is 5.29. The van der Waals surface area contributed by atoms with Crippen molar-refractivity contribution in [1.82, 2.24) is 0 Å². The van der Waals surface area contributed by atoms with Crippen LogP contribution in [0.1, 0.15) is 85.5 Å². The lowest BCUT2D eigenvalue weighted by Gasteiger charge is -2.21. The van der Waals surface area contributed by atoms with Gasteiger partial charge in [0, 0.05) is 5.41 Å². The lowest BCUT2D eigenvalue weighted by atomic mass is 9.82. The first-order valence-corrected chi connectivity index (χ1v) is 20.7. The minimum atomic E-state index is 0.149. The molecule has 0 bridgehead atoms. The van der Waals surface area contributed by atoms with Crippen molar-refractivity contribution in [2.75, 3.05) is 0 Å². The number of hydrogen-bond acceptors (Lipinski definition) is 0. The standard InChI is InChI=1S/C18H20.2C11H10.C8H10.C7H8.C2H6/c1-4-7-13-10-11-17-15(12-13)14-8-5-6-9-16(14)18(17,2)3;2*1-9-6-7-10-4-2-3-5-11(10)8-9;1-7-3-5-8(2)6-4-7;1-7-5-3-2-4-6-7;1-2/h5-6,8-12H,4,7H2,1-3H3;2*2-8H,1H3;3-6H,1-2H3;2-6H,1H3;1-2H3. The van der Waals surface area contributed by atoms with Crippen LogP contribution in [0.5, 0.6) is 0 Å². The summed E-state index contributed by atoms with van der Waals surface area (Å²) < 4.78 is 0. The third-order valence-corrected chi connectivity index (χ3v) is 10.2. The highest BCUT2D eigenvalue weighted by Crippen LogP contribution is 2.48. The topological polar surface area (TPSA) is 0 Å². The Hall–Kier alpha value is -5.72. The normalized spacial score (nSPS) is 11.3. The van der Waals surface area contributed by atoms with Gasteiger partial charge in [-0.25, -0.2) is 0 Å². The van der Waals surface area contributed by atoms with E-state index in [0.717, 1.165) is 0 Å². The molecule has 8 aromatic carbocycles. The van der Waals surface area contributed by atoms with E-state index >= 15 is 0 Å². The van der Waals surface area contributed by atoms with Crippen molar-refractivity contribution < 1.29 is 0 Å². The molecule has 1 aliphatic carbocycles. The summed E-state index contributed by atoms with van der Waals surface area (Å²) in [5.41, 5.74) is 14.1. The van der Waals surface area contributed by atoms with Crippen molar-refractivity contribution in [3.63, 3.8) is 0 Å². The number of rotatable bonds is 2. The molecule has 0 aliphatic heterocycles. The van der Waals surface area contributed by atoms with Gasteiger partial charge in [-0.15, -0.1) is 0 Å². The molecule has 0 fully saturated rings. The Kier molecular flexibility index (Phi) is 17.1. The molecule has 0 saturated carbocycles. The molecule has 9 rings (SSSR count). The maximum Gasteiger partial charge on any atom is 0.0158 e. The van der Waals surface area contributed by atoms with E-state index in [1.54, 1.807) is 0 Å². The largest absolute Gasteiger partial charge is 0.0683 e. The van der Waals surface area contributed by atoms with Gasteiger partial charge >= 0.3 is 0 Å². The third kappa shape index (κ3) is 12.9. The van der Waals surface area contributed by atoms with Crippen LogP contribution in [-0.4, -0.2) is 0 Å². The zero-order chi connectivity index (χ0) is 41.2. The van der Waals surface area contributed by atoms with Gasteiger partial charge in [0.05, 0.1) is 0 Å². The van der Waals surface area contributed by atoms with Crippen LogP contribution in [0.15, 0.2) is 182 Å². The summed E-state index contributed by atoms with van der Waals surface area (Å²) >= 11 is 0. The fourth-order valence-electron chi connectivity index (χ4n) is 7.00. The molecule has 0 heteroatoms. The van der Waals surface area contributed by atoms with E-state index in [0.29, 0.717) is 0 Å². The lowest BCUT2D eigenvalue weighted by molar-refractivity contribution is 0.660. The first-order chi connectivity index (χ1) is 27.5. The van der Waals surface area contributed by atoms with E-state index in [4.69, 9.17) is 0 Å². The van der Waals surface area contributed by atoms with Crippen LogP contribution in [0.25, 0.3) is 32.7 Å². The number of aryl methyl sites for hydroxylation is 6. The molecule has 0 aromatic heterocycles. The van der Waals surface area contributed by atoms with Crippen LogP contribution >= 0.6 is 0 Å². The third-order valence-electron chi connectivity index (χ3n) is 10.2. The molecule has 0 spiro atoms. The molecular weight excluding hydrogens is 685 g/mol. The Labute approximate surface area is 345 Å². The van der Waals surface area contributed by atoms with Crippen molar-refractivity contribution in [3.05, 3.63) is 226 Å². The van der Waals surface area contributed by atoms with Gasteiger partial charge in [0.25, 0.3) is 0 Å². The second-order valence-corrected chi connectivity index (χ2v) is 15.3. The van der Waals surface area contributed by atoms with Crippen LogP contribution in [0.4, 0.5) is 0 Å². The highest BCUT2D eigenvalue weighted by molar-refractivity contribution is 5.84. The van der Waals surface area contributed by atoms with Gasteiger partial charge < -0.3 is 0 Å². The monoisotopic (exact) mass is 749 g/mol. The summed E-state index contributed by atoms with van der Waals surface area (Å²) in [6.07, 6.45) is 2.39. The summed E-state index contributed by atoms with van der Waals surface area (Å²) in [6, 6.07) is 64.4. The SMILES string of the molecule is CC.CCCc1ccc2c(c1)-c1ccccc1C2(C)C.Cc1ccc(C)cc1.Cc1ccc2ccccc2c1.Cc1ccc2ccccc2c1.Cc1ccccc1. The molecule has 0 amide bonds. The van der Waals surface area contributed by atoms with Crippen LogP contribution < -0.4 is 0 Å². The molecule has 0 N–H and O–H groups in total. The number of hydrogen-bond donors (Lipinski definition) is 0. The van der Waals surface area contributed by atoms with Crippen molar-refractivity contribution in [2.24, 2.45) is 0 Å². The fraction of sp³-hybridized carbons (Fsp3) is 0.228. The van der Waals surface area contributed by atoms with Crippen LogP contribution in [0.3, 0.4) is 0 Å². The van der Waals surface area contributed by atoms with E-state index in [-0.39, 0.29) is 5.41 Å². The Morgan fingerprint density at radius 1 is 0.351 bits per heavy atom. The first kappa shape index (κ1) is 44.0. The van der Waals surface area contributed by atoms with Crippen LogP contribution in [0, 0.1) is 34.6 Å². The van der Waals surface area contributed by atoms with Gasteiger partial charge in [-0.05, 0) is 90.4 Å². The molecule has 0 heterocycles. The molecule has 0 atom stereocenters. The summed E-state index contributed by atoms with van der Waals surface area (Å²) in [5.74, 6) is 0. The predicted molar refractivity (Wildman–Crippen MR) is 254 cm³/mol. The average Bonchev–Trinajstić information content (AvgIpc) is 3.46. The average molecular weight is 749 g/mol. The van der Waals surface area contributed by atoms with E-state index in [1.165, 1.54) is 90.0 Å². The Bertz CT molecular complexity index is 2300. The van der Waals surface area contributed by atoms with Crippen molar-refractivity contribution in [3.8, 4) is 11.1 Å². The molecule has 0 saturated heterocycles. The minimum absolute atomic E-state index is 0.149. The predicted octanol–water partition coefficient (Wildman–Crippen LogP) is 16.6. The zero-order valence-corrected chi connectivity index (χ0v) is 36.2. The second-order valence-electron chi connectivity index (χ2n) is 15.3. The van der Waals surface area contributed by atoms with E-state index in [9.17, 15) is 0 Å². The van der Waals surface area contributed by atoms with E-state index in [1.807, 2.05) is 32.0 Å². The summed E-state index contributed by atoms with van der Waals surface area (Å²) in [6.45, 7) is 21.4. The Morgan fingerprint density at radius 3 is 1.23 bits per heavy atom. The molecule has 292 valence electrons. The molecule has 0 radical (unpaired) electrons. The van der Waals surface area contributed by atoms with Gasteiger partial charge in [0.1, 0.15) is 0 Å². The maximum atomic E-state index is 2.40. The molecule has 1 aliphatic rings. The quantitative estimate of drug-likeness (QED) is 0.165. The fourth-order valence-corrected chi connectivity index (χ4v) is 7.00. The van der Waals surface area contributed by atoms with Gasteiger partial charge in [-0.3, -0.25) is 0 Å². The zero-order valence-electron chi connectivity index (χ0n) is 36.2. The molecule has 57 heavy (non-hydrogen) atoms. The van der Waals surface area contributed by atoms with E-state index in [2.05, 4.69) is 219 Å². The second kappa shape index (κ2) is 22.1. The van der Waals surface area contributed by atoms with Crippen LogP contribution in [0.2, 0.25) is 0 Å². The Morgan fingerprint density at radius 2 is 0.754 bits per heavy atom. The van der Waals surface area contributed by atoms with E-state index < -0.39 is 0 Å². The molecule has 8 aromatic rings. The van der Waals surface area contributed by atoms with Crippen molar-refractivity contribution in [1.29, 1.82) is 0 Å². The van der Waals surface area contributed by atoms with Gasteiger partial charge in [0.2, 0.25) is 0 Å².